The molecule has 0 aliphatic heterocycles. The maximum Gasteiger partial charge on any atom is 0.360 e. The summed E-state index contributed by atoms with van der Waals surface area (Å²) >= 11 is 0. The van der Waals surface area contributed by atoms with Gasteiger partial charge in [0.05, 0.1) is 12.8 Å². The molecule has 1 N–H and O–H groups in total. The first-order chi connectivity index (χ1) is 9.77. The summed E-state index contributed by atoms with van der Waals surface area (Å²) in [5.41, 5.74) is 0.770. The van der Waals surface area contributed by atoms with Gasteiger partial charge in [-0.2, -0.15) is 0 Å². The van der Waals surface area contributed by atoms with Crippen LogP contribution in [-0.2, 0) is 16.1 Å². The van der Waals surface area contributed by atoms with Crippen LogP contribution in [0.25, 0.3) is 0 Å². The lowest BCUT2D eigenvalue weighted by molar-refractivity contribution is -0.122. The molecular formula is C14H24N4O3. The van der Waals surface area contributed by atoms with E-state index in [1.807, 2.05) is 34.6 Å². The SMILES string of the molecule is COC(=O)c1nnn(CC(=O)NC(C)C(C)C)c1C(C)C. The van der Waals surface area contributed by atoms with E-state index in [-0.39, 0.29) is 30.1 Å². The summed E-state index contributed by atoms with van der Waals surface area (Å²) in [6.07, 6.45) is 0. The summed E-state index contributed by atoms with van der Waals surface area (Å²) in [7, 11) is 1.29. The molecule has 118 valence electrons. The summed E-state index contributed by atoms with van der Waals surface area (Å²) in [6.45, 7) is 9.89. The van der Waals surface area contributed by atoms with Gasteiger partial charge in [0.15, 0.2) is 5.69 Å². The normalized spacial score (nSPS) is 12.6. The molecule has 1 unspecified atom stereocenters. The van der Waals surface area contributed by atoms with Crippen LogP contribution < -0.4 is 5.32 Å². The highest BCUT2D eigenvalue weighted by molar-refractivity contribution is 5.88. The lowest BCUT2D eigenvalue weighted by Gasteiger charge is -2.18. The fourth-order valence-corrected chi connectivity index (χ4v) is 1.85. The molecule has 1 aromatic rings. The molecule has 0 saturated carbocycles. The van der Waals surface area contributed by atoms with Crippen LogP contribution in [0.2, 0.25) is 0 Å². The molecule has 1 rings (SSSR count). The molecule has 1 heterocycles. The molecule has 7 nitrogen and oxygen atoms in total. The maximum absolute atomic E-state index is 12.0. The lowest BCUT2D eigenvalue weighted by Crippen LogP contribution is -2.38. The second kappa shape index (κ2) is 7.19. The number of nitrogens with zero attached hydrogens (tertiary/aromatic N) is 3. The predicted octanol–water partition coefficient (Wildman–Crippen LogP) is 1.35. The Morgan fingerprint density at radius 3 is 2.33 bits per heavy atom. The third kappa shape index (κ3) is 4.27. The van der Waals surface area contributed by atoms with Crippen molar-refractivity contribution in [2.45, 2.75) is 53.1 Å². The molecule has 21 heavy (non-hydrogen) atoms. The predicted molar refractivity (Wildman–Crippen MR) is 77.9 cm³/mol. The molecule has 0 saturated heterocycles. The zero-order valence-electron chi connectivity index (χ0n) is 13.5. The van der Waals surface area contributed by atoms with E-state index in [4.69, 9.17) is 0 Å². The van der Waals surface area contributed by atoms with Crippen molar-refractivity contribution in [1.29, 1.82) is 0 Å². The molecule has 1 atom stereocenters. The van der Waals surface area contributed by atoms with Gasteiger partial charge in [0.25, 0.3) is 0 Å². The number of esters is 1. The largest absolute Gasteiger partial charge is 0.464 e. The van der Waals surface area contributed by atoms with E-state index in [2.05, 4.69) is 20.4 Å². The van der Waals surface area contributed by atoms with Gasteiger partial charge in [0, 0.05) is 6.04 Å². The molecule has 0 bridgehead atoms. The zero-order chi connectivity index (χ0) is 16.2. The van der Waals surface area contributed by atoms with Gasteiger partial charge < -0.3 is 10.1 Å². The minimum absolute atomic E-state index is 0.00409. The first-order valence-corrected chi connectivity index (χ1v) is 7.09. The molecule has 0 aliphatic carbocycles. The number of amides is 1. The number of rotatable bonds is 6. The molecular weight excluding hydrogens is 272 g/mol. The third-order valence-electron chi connectivity index (χ3n) is 3.38. The van der Waals surface area contributed by atoms with Crippen LogP contribution in [0.15, 0.2) is 0 Å². The zero-order valence-corrected chi connectivity index (χ0v) is 13.5. The van der Waals surface area contributed by atoms with Crippen molar-refractivity contribution in [2.24, 2.45) is 5.92 Å². The second-order valence-electron chi connectivity index (χ2n) is 5.73. The van der Waals surface area contributed by atoms with Gasteiger partial charge in [0.1, 0.15) is 6.54 Å². The quantitative estimate of drug-likeness (QED) is 0.801. The van der Waals surface area contributed by atoms with Crippen LogP contribution >= 0.6 is 0 Å². The van der Waals surface area contributed by atoms with Gasteiger partial charge in [-0.15, -0.1) is 5.10 Å². The topological polar surface area (TPSA) is 86.1 Å². The van der Waals surface area contributed by atoms with Gasteiger partial charge in [-0.05, 0) is 18.8 Å². The number of carbonyl (C=O) groups is 2. The fourth-order valence-electron chi connectivity index (χ4n) is 1.85. The molecule has 1 aromatic heterocycles. The number of hydrogen-bond donors (Lipinski definition) is 1. The molecule has 7 heteroatoms. The fraction of sp³-hybridized carbons (Fsp3) is 0.714. The average molecular weight is 296 g/mol. The van der Waals surface area contributed by atoms with Gasteiger partial charge in [-0.25, -0.2) is 9.48 Å². The van der Waals surface area contributed by atoms with Crippen LogP contribution in [0.5, 0.6) is 0 Å². The van der Waals surface area contributed by atoms with Gasteiger partial charge >= 0.3 is 5.97 Å². The Morgan fingerprint density at radius 1 is 1.24 bits per heavy atom. The highest BCUT2D eigenvalue weighted by Crippen LogP contribution is 2.18. The number of nitrogens with one attached hydrogen (secondary N) is 1. The van der Waals surface area contributed by atoms with E-state index in [1.54, 1.807) is 0 Å². The smallest absolute Gasteiger partial charge is 0.360 e. The minimum atomic E-state index is -0.541. The Hall–Kier alpha value is -1.92. The monoisotopic (exact) mass is 296 g/mol. The van der Waals surface area contributed by atoms with Crippen molar-refractivity contribution in [2.75, 3.05) is 7.11 Å². The highest BCUT2D eigenvalue weighted by atomic mass is 16.5. The Labute approximate surface area is 125 Å². The highest BCUT2D eigenvalue weighted by Gasteiger charge is 2.24. The van der Waals surface area contributed by atoms with E-state index in [0.29, 0.717) is 11.6 Å². The molecule has 0 aliphatic rings. The van der Waals surface area contributed by atoms with Crippen molar-refractivity contribution in [3.05, 3.63) is 11.4 Å². The molecule has 0 radical (unpaired) electrons. The number of methoxy groups -OCH3 is 1. The standard InChI is InChI=1S/C14H24N4O3/c1-8(2)10(5)15-11(19)7-18-13(9(3)4)12(16-17-18)14(20)21-6/h8-10H,7H2,1-6H3,(H,15,19). The summed E-state index contributed by atoms with van der Waals surface area (Å²) < 4.78 is 6.14. The van der Waals surface area contributed by atoms with Crippen LogP contribution in [0.1, 0.15) is 56.7 Å². The summed E-state index contributed by atoms with van der Waals surface area (Å²) in [6, 6.07) is 0.0728. The Balaban J connectivity index is 2.91. The van der Waals surface area contributed by atoms with Crippen LogP contribution in [-0.4, -0.2) is 40.0 Å². The van der Waals surface area contributed by atoms with Gasteiger partial charge in [-0.1, -0.05) is 32.9 Å². The Morgan fingerprint density at radius 2 is 1.86 bits per heavy atom. The van der Waals surface area contributed by atoms with Crippen molar-refractivity contribution < 1.29 is 14.3 Å². The third-order valence-corrected chi connectivity index (χ3v) is 3.38. The van der Waals surface area contributed by atoms with Crippen molar-refractivity contribution in [3.8, 4) is 0 Å². The van der Waals surface area contributed by atoms with Crippen LogP contribution in [0.3, 0.4) is 0 Å². The number of aromatic nitrogens is 3. The number of carbonyl (C=O) groups excluding carboxylic acids is 2. The van der Waals surface area contributed by atoms with Crippen LogP contribution in [0.4, 0.5) is 0 Å². The molecule has 0 fully saturated rings. The first-order valence-electron chi connectivity index (χ1n) is 7.09. The lowest BCUT2D eigenvalue weighted by atomic mass is 10.1. The van der Waals surface area contributed by atoms with E-state index >= 15 is 0 Å². The van der Waals surface area contributed by atoms with Crippen molar-refractivity contribution in [3.63, 3.8) is 0 Å². The van der Waals surface area contributed by atoms with Crippen molar-refractivity contribution in [1.82, 2.24) is 20.3 Å². The minimum Gasteiger partial charge on any atom is -0.464 e. The maximum atomic E-state index is 12.0. The average Bonchev–Trinajstić information content (AvgIpc) is 2.81. The van der Waals surface area contributed by atoms with E-state index in [9.17, 15) is 9.59 Å². The summed E-state index contributed by atoms with van der Waals surface area (Å²) in [4.78, 5) is 23.7. The molecule has 0 aromatic carbocycles. The second-order valence-corrected chi connectivity index (χ2v) is 5.73. The van der Waals surface area contributed by atoms with Gasteiger partial charge in [0.2, 0.25) is 5.91 Å². The van der Waals surface area contributed by atoms with Crippen molar-refractivity contribution >= 4 is 11.9 Å². The van der Waals surface area contributed by atoms with E-state index in [1.165, 1.54) is 11.8 Å². The van der Waals surface area contributed by atoms with Gasteiger partial charge in [-0.3, -0.25) is 4.79 Å². The summed E-state index contributed by atoms with van der Waals surface area (Å²) in [5.74, 6) is -0.343. The molecule has 0 spiro atoms. The number of ether oxygens (including phenoxy) is 1. The van der Waals surface area contributed by atoms with Crippen LogP contribution in [0, 0.1) is 5.92 Å². The number of hydrogen-bond acceptors (Lipinski definition) is 5. The first kappa shape index (κ1) is 17.1. The summed E-state index contributed by atoms with van der Waals surface area (Å²) in [5, 5.41) is 10.6. The van der Waals surface area contributed by atoms with E-state index < -0.39 is 5.97 Å². The molecule has 1 amide bonds. The Kier molecular flexibility index (Phi) is 5.87. The Bertz CT molecular complexity index is 508. The van der Waals surface area contributed by atoms with E-state index in [0.717, 1.165) is 0 Å².